The average Bonchev–Trinajstić information content (AvgIpc) is 2.40. The fourth-order valence-electron chi connectivity index (χ4n) is 2.68. The van der Waals surface area contributed by atoms with E-state index in [9.17, 15) is 9.36 Å². The van der Waals surface area contributed by atoms with Crippen molar-refractivity contribution in [1.82, 2.24) is 4.73 Å². The predicted octanol–water partition coefficient (Wildman–Crippen LogP) is 1.70. The van der Waals surface area contributed by atoms with Crippen molar-refractivity contribution in [3.05, 3.63) is 33.7 Å². The Morgan fingerprint density at radius 2 is 1.95 bits per heavy atom. The quantitative estimate of drug-likeness (QED) is 0.633. The largest absolute Gasteiger partial charge is 0.472 e. The Kier molecular flexibility index (Phi) is 5.22. The Balaban J connectivity index is 2.21. The van der Waals surface area contributed by atoms with Crippen LogP contribution < -0.4 is 10.4 Å². The molecule has 118 valence electrons. The summed E-state index contributed by atoms with van der Waals surface area (Å²) >= 11 is 0. The van der Waals surface area contributed by atoms with E-state index in [1.807, 2.05) is 13.0 Å². The van der Waals surface area contributed by atoms with Gasteiger partial charge in [0.25, 0.3) is 5.56 Å². The van der Waals surface area contributed by atoms with Gasteiger partial charge in [-0.3, -0.25) is 4.79 Å². The zero-order valence-corrected chi connectivity index (χ0v) is 12.8. The van der Waals surface area contributed by atoms with Crippen LogP contribution in [0.4, 0.5) is 0 Å². The van der Waals surface area contributed by atoms with Gasteiger partial charge in [0.15, 0.2) is 0 Å². The summed E-state index contributed by atoms with van der Waals surface area (Å²) in [5, 5.41) is 0. The minimum atomic E-state index is -4.62. The summed E-state index contributed by atoms with van der Waals surface area (Å²) < 4.78 is 16.0. The molecule has 0 atom stereocenters. The Morgan fingerprint density at radius 3 is 2.57 bits per heavy atom. The van der Waals surface area contributed by atoms with Crippen LogP contribution in [0.3, 0.4) is 0 Å². The topological polar surface area (TPSA) is 98.0 Å². The molecule has 1 aromatic heterocycles. The molecule has 0 amide bonds. The molecule has 0 aromatic carbocycles. The number of aromatic nitrogens is 1. The maximum atomic E-state index is 12.0. The maximum Gasteiger partial charge on any atom is 0.472 e. The molecule has 21 heavy (non-hydrogen) atoms. The molecule has 0 aliphatic heterocycles. The van der Waals surface area contributed by atoms with Gasteiger partial charge < -0.3 is 14.6 Å². The molecule has 0 radical (unpaired) electrons. The number of nitrogens with zero attached hydrogens (tertiary/aromatic N) is 1. The number of hydrogen-bond acceptors (Lipinski definition) is 4. The third-order valence-electron chi connectivity index (χ3n) is 3.59. The maximum absolute atomic E-state index is 12.0. The molecule has 1 heterocycles. The Morgan fingerprint density at radius 1 is 1.29 bits per heavy atom. The third-order valence-corrected chi connectivity index (χ3v) is 4.03. The van der Waals surface area contributed by atoms with E-state index in [1.165, 1.54) is 12.5 Å². The summed E-state index contributed by atoms with van der Waals surface area (Å²) in [5.41, 5.74) is 1.23. The van der Waals surface area contributed by atoms with Gasteiger partial charge in [0.05, 0.1) is 5.69 Å². The second kappa shape index (κ2) is 6.75. The molecule has 1 aromatic rings. The van der Waals surface area contributed by atoms with Gasteiger partial charge in [0.2, 0.25) is 6.79 Å². The smallest absolute Gasteiger partial charge is 0.381 e. The number of phosphoric ester groups is 1. The highest BCUT2D eigenvalue weighted by molar-refractivity contribution is 7.46. The predicted molar refractivity (Wildman–Crippen MR) is 75.8 cm³/mol. The molecule has 8 heteroatoms. The van der Waals surface area contributed by atoms with Crippen LogP contribution in [0.5, 0.6) is 0 Å². The van der Waals surface area contributed by atoms with E-state index >= 15 is 0 Å². The second-order valence-corrected chi connectivity index (χ2v) is 6.53. The molecule has 7 nitrogen and oxygen atoms in total. The standard InChI is InChI=1S/C13H20NO6P/c1-10-7-12(11-5-3-2-4-6-11)14(13(15)8-10)19-9-20-21(16,17)18/h7-8,11H,2-6,9H2,1H3,(H2,16,17,18). The number of hydrogen-bond donors (Lipinski definition) is 2. The van der Waals surface area contributed by atoms with E-state index in [2.05, 4.69) is 4.52 Å². The van der Waals surface area contributed by atoms with E-state index in [1.54, 1.807) is 0 Å². The lowest BCUT2D eigenvalue weighted by Gasteiger charge is -2.25. The first kappa shape index (κ1) is 16.2. The minimum absolute atomic E-state index is 0.224. The van der Waals surface area contributed by atoms with Crippen molar-refractivity contribution in [3.63, 3.8) is 0 Å². The van der Waals surface area contributed by atoms with Gasteiger partial charge in [-0.1, -0.05) is 19.3 Å². The van der Waals surface area contributed by atoms with E-state index in [-0.39, 0.29) is 11.5 Å². The first-order chi connectivity index (χ1) is 9.87. The molecule has 0 bridgehead atoms. The van der Waals surface area contributed by atoms with Crippen LogP contribution in [-0.2, 0) is 9.09 Å². The van der Waals surface area contributed by atoms with Crippen molar-refractivity contribution >= 4 is 7.82 Å². The molecule has 1 aliphatic carbocycles. The zero-order valence-electron chi connectivity index (χ0n) is 11.9. The van der Waals surface area contributed by atoms with Gasteiger partial charge in [-0.15, -0.1) is 4.73 Å². The van der Waals surface area contributed by atoms with Crippen LogP contribution in [0.15, 0.2) is 16.9 Å². The molecular formula is C13H20NO6P. The van der Waals surface area contributed by atoms with Crippen LogP contribution in [0.25, 0.3) is 0 Å². The molecule has 1 aliphatic rings. The van der Waals surface area contributed by atoms with E-state index in [4.69, 9.17) is 14.6 Å². The summed E-state index contributed by atoms with van der Waals surface area (Å²) in [5.74, 6) is 0.224. The summed E-state index contributed by atoms with van der Waals surface area (Å²) in [4.78, 5) is 34.5. The summed E-state index contributed by atoms with van der Waals surface area (Å²) in [7, 11) is -4.62. The van der Waals surface area contributed by atoms with E-state index < -0.39 is 14.6 Å². The van der Waals surface area contributed by atoms with E-state index in [0.29, 0.717) is 0 Å². The van der Waals surface area contributed by atoms with Gasteiger partial charge in [0, 0.05) is 12.0 Å². The van der Waals surface area contributed by atoms with Crippen molar-refractivity contribution in [3.8, 4) is 0 Å². The lowest BCUT2D eigenvalue weighted by molar-refractivity contribution is -0.0203. The average molecular weight is 317 g/mol. The van der Waals surface area contributed by atoms with Crippen LogP contribution in [0.2, 0.25) is 0 Å². The lowest BCUT2D eigenvalue weighted by Crippen LogP contribution is -2.32. The molecule has 0 saturated heterocycles. The fourth-order valence-corrected chi connectivity index (χ4v) is 2.86. The SMILES string of the molecule is Cc1cc(C2CCCCC2)n(OCOP(=O)(O)O)c(=O)c1. The van der Waals surface area contributed by atoms with Crippen molar-refractivity contribution in [2.75, 3.05) is 6.79 Å². The Bertz CT molecular complexity index is 587. The monoisotopic (exact) mass is 317 g/mol. The molecule has 1 fully saturated rings. The van der Waals surface area contributed by atoms with Crippen molar-refractivity contribution < 1.29 is 23.7 Å². The fraction of sp³-hybridized carbons (Fsp3) is 0.615. The Hall–Kier alpha value is -1.14. The van der Waals surface area contributed by atoms with Crippen molar-refractivity contribution in [2.24, 2.45) is 0 Å². The first-order valence-corrected chi connectivity index (χ1v) is 8.47. The summed E-state index contributed by atoms with van der Waals surface area (Å²) in [6.07, 6.45) is 5.35. The molecule has 0 unspecified atom stereocenters. The normalized spacial score (nSPS) is 16.9. The highest BCUT2D eigenvalue weighted by Crippen LogP contribution is 2.35. The van der Waals surface area contributed by atoms with E-state index in [0.717, 1.165) is 41.7 Å². The van der Waals surface area contributed by atoms with Crippen LogP contribution in [0.1, 0.15) is 49.3 Å². The first-order valence-electron chi connectivity index (χ1n) is 6.94. The van der Waals surface area contributed by atoms with Gasteiger partial charge in [-0.2, -0.15) is 0 Å². The van der Waals surface area contributed by atoms with Gasteiger partial charge in [0.1, 0.15) is 0 Å². The molecule has 2 rings (SSSR count). The number of phosphoric acid groups is 1. The van der Waals surface area contributed by atoms with Crippen molar-refractivity contribution in [1.29, 1.82) is 0 Å². The highest BCUT2D eigenvalue weighted by Gasteiger charge is 2.21. The van der Waals surface area contributed by atoms with Gasteiger partial charge >= 0.3 is 7.82 Å². The number of rotatable bonds is 5. The highest BCUT2D eigenvalue weighted by atomic mass is 31.2. The zero-order chi connectivity index (χ0) is 15.5. The van der Waals surface area contributed by atoms with Crippen molar-refractivity contribution in [2.45, 2.75) is 44.9 Å². The number of pyridine rings is 1. The van der Waals surface area contributed by atoms with Crippen LogP contribution in [-0.4, -0.2) is 21.3 Å². The van der Waals surface area contributed by atoms with Crippen LogP contribution in [0, 0.1) is 6.92 Å². The van der Waals surface area contributed by atoms with Gasteiger partial charge in [-0.25, -0.2) is 9.09 Å². The van der Waals surface area contributed by atoms with Crippen LogP contribution >= 0.6 is 7.82 Å². The molecule has 0 spiro atoms. The minimum Gasteiger partial charge on any atom is -0.381 e. The summed E-state index contributed by atoms with van der Waals surface area (Å²) in [6, 6.07) is 3.30. The molecule has 2 N–H and O–H groups in total. The Labute approximate surface area is 122 Å². The van der Waals surface area contributed by atoms with Gasteiger partial charge in [-0.05, 0) is 31.4 Å². The molecule has 1 saturated carbocycles. The molecular weight excluding hydrogens is 297 g/mol. The lowest BCUT2D eigenvalue weighted by atomic mass is 9.86. The second-order valence-electron chi connectivity index (χ2n) is 5.29. The summed E-state index contributed by atoms with van der Waals surface area (Å²) in [6.45, 7) is 1.16. The number of aryl methyl sites for hydroxylation is 1. The third kappa shape index (κ3) is 4.68.